The Kier molecular flexibility index (Phi) is 1.10. The summed E-state index contributed by atoms with van der Waals surface area (Å²) in [6, 6.07) is 3.77. The highest BCUT2D eigenvalue weighted by atomic mass is 15.1. The maximum absolute atomic E-state index is 8.59. The van der Waals surface area contributed by atoms with Crippen LogP contribution in [0.4, 0.5) is 0 Å². The lowest BCUT2D eigenvalue weighted by atomic mass is 10.5. The Hall–Kier alpha value is -1.89. The first-order valence-corrected chi connectivity index (χ1v) is 3.10. The predicted molar refractivity (Wildman–Crippen MR) is 37.7 cm³/mol. The van der Waals surface area contributed by atoms with Crippen LogP contribution in [0.5, 0.6) is 0 Å². The quantitative estimate of drug-likeness (QED) is 0.544. The number of rotatable bonds is 0. The molecule has 0 N–H and O–H groups in total. The molecule has 2 heterocycles. The number of nitrogens with zero attached hydrogens (tertiary/aromatic N) is 4. The van der Waals surface area contributed by atoms with Gasteiger partial charge in [0.05, 0.1) is 6.20 Å². The fraction of sp³-hybridized carbons (Fsp3) is 0. The minimum absolute atomic E-state index is 0.508. The summed E-state index contributed by atoms with van der Waals surface area (Å²) in [5.41, 5.74) is 0.508. The fourth-order valence-electron chi connectivity index (χ4n) is 0.911. The second-order valence-corrected chi connectivity index (χ2v) is 2.04. The van der Waals surface area contributed by atoms with E-state index in [1.54, 1.807) is 22.9 Å². The Morgan fingerprint density at radius 2 is 2.36 bits per heavy atom. The van der Waals surface area contributed by atoms with Crippen LogP contribution in [-0.2, 0) is 0 Å². The van der Waals surface area contributed by atoms with E-state index in [9.17, 15) is 0 Å². The first-order valence-electron chi connectivity index (χ1n) is 3.10. The number of imidazole rings is 1. The molecule has 4 nitrogen and oxygen atoms in total. The van der Waals surface area contributed by atoms with Gasteiger partial charge in [-0.05, 0) is 6.07 Å². The first-order chi connectivity index (χ1) is 5.42. The van der Waals surface area contributed by atoms with Gasteiger partial charge in [0.1, 0.15) is 11.8 Å². The molecule has 0 aliphatic rings. The van der Waals surface area contributed by atoms with E-state index in [0.717, 1.165) is 0 Å². The van der Waals surface area contributed by atoms with Crippen LogP contribution in [0.25, 0.3) is 5.78 Å². The molecule has 2 rings (SSSR count). The third-order valence-electron chi connectivity index (χ3n) is 1.40. The number of nitriles is 1. The van der Waals surface area contributed by atoms with Crippen molar-refractivity contribution < 1.29 is 0 Å². The molecule has 0 aliphatic heterocycles. The molecule has 2 aromatic rings. The van der Waals surface area contributed by atoms with Crippen molar-refractivity contribution in [2.24, 2.45) is 0 Å². The van der Waals surface area contributed by atoms with E-state index in [4.69, 9.17) is 5.26 Å². The number of fused-ring (bicyclic) bond motifs is 1. The Bertz CT molecular complexity index is 423. The van der Waals surface area contributed by atoms with Gasteiger partial charge in [-0.3, -0.25) is 4.40 Å². The number of aromatic nitrogens is 3. The van der Waals surface area contributed by atoms with E-state index in [0.29, 0.717) is 11.5 Å². The van der Waals surface area contributed by atoms with Crippen LogP contribution >= 0.6 is 0 Å². The first kappa shape index (κ1) is 5.86. The van der Waals surface area contributed by atoms with Gasteiger partial charge in [-0.15, -0.1) is 0 Å². The van der Waals surface area contributed by atoms with Crippen LogP contribution in [0, 0.1) is 11.3 Å². The maximum Gasteiger partial charge on any atom is 0.234 e. The minimum Gasteiger partial charge on any atom is -0.275 e. The molecule has 0 fully saturated rings. The van der Waals surface area contributed by atoms with E-state index in [1.165, 1.54) is 6.20 Å². The van der Waals surface area contributed by atoms with Crippen molar-refractivity contribution in [3.8, 4) is 6.07 Å². The molecule has 0 aliphatic carbocycles. The highest BCUT2D eigenvalue weighted by molar-refractivity contribution is 5.35. The van der Waals surface area contributed by atoms with Crippen molar-refractivity contribution in [1.82, 2.24) is 14.4 Å². The summed E-state index contributed by atoms with van der Waals surface area (Å²) < 4.78 is 1.64. The Labute approximate surface area is 62.7 Å². The molecule has 11 heavy (non-hydrogen) atoms. The summed E-state index contributed by atoms with van der Waals surface area (Å²) in [6.45, 7) is 0. The summed E-state index contributed by atoms with van der Waals surface area (Å²) >= 11 is 0. The smallest absolute Gasteiger partial charge is 0.234 e. The SMILES string of the molecule is N#Cc1cnc2ncccn12. The summed E-state index contributed by atoms with van der Waals surface area (Å²) in [5.74, 6) is 0.559. The van der Waals surface area contributed by atoms with Crippen molar-refractivity contribution in [3.05, 3.63) is 30.4 Å². The minimum atomic E-state index is 0.508. The lowest BCUT2D eigenvalue weighted by molar-refractivity contribution is 1.09. The molecule has 0 unspecified atom stereocenters. The van der Waals surface area contributed by atoms with Gasteiger partial charge in [0.15, 0.2) is 0 Å². The van der Waals surface area contributed by atoms with E-state index in [1.807, 2.05) is 6.07 Å². The second-order valence-electron chi connectivity index (χ2n) is 2.04. The summed E-state index contributed by atoms with van der Waals surface area (Å²) in [5, 5.41) is 8.59. The average Bonchev–Trinajstić information content (AvgIpc) is 2.47. The Morgan fingerprint density at radius 1 is 1.45 bits per heavy atom. The zero-order valence-corrected chi connectivity index (χ0v) is 5.60. The highest BCUT2D eigenvalue weighted by Crippen LogP contribution is 2.00. The van der Waals surface area contributed by atoms with E-state index < -0.39 is 0 Å². The Balaban J connectivity index is 2.89. The van der Waals surface area contributed by atoms with Crippen LogP contribution in [-0.4, -0.2) is 14.4 Å². The fourth-order valence-corrected chi connectivity index (χ4v) is 0.911. The van der Waals surface area contributed by atoms with Crippen molar-refractivity contribution in [3.63, 3.8) is 0 Å². The lowest BCUT2D eigenvalue weighted by Crippen LogP contribution is -1.88. The molecular weight excluding hydrogens is 140 g/mol. The van der Waals surface area contributed by atoms with Crippen LogP contribution in [0.1, 0.15) is 5.69 Å². The van der Waals surface area contributed by atoms with Gasteiger partial charge in [-0.2, -0.15) is 5.26 Å². The molecule has 4 heteroatoms. The van der Waals surface area contributed by atoms with E-state index >= 15 is 0 Å². The van der Waals surface area contributed by atoms with Crippen molar-refractivity contribution in [2.45, 2.75) is 0 Å². The predicted octanol–water partition coefficient (Wildman–Crippen LogP) is 0.601. The maximum atomic E-state index is 8.59. The van der Waals surface area contributed by atoms with Crippen molar-refractivity contribution in [2.75, 3.05) is 0 Å². The molecular formula is C7H4N4. The van der Waals surface area contributed by atoms with E-state index in [2.05, 4.69) is 9.97 Å². The topological polar surface area (TPSA) is 54.0 Å². The van der Waals surface area contributed by atoms with Gasteiger partial charge in [-0.1, -0.05) is 0 Å². The van der Waals surface area contributed by atoms with Gasteiger partial charge >= 0.3 is 0 Å². The zero-order valence-electron chi connectivity index (χ0n) is 5.60. The van der Waals surface area contributed by atoms with Crippen molar-refractivity contribution in [1.29, 1.82) is 5.26 Å². The third-order valence-corrected chi connectivity index (χ3v) is 1.40. The largest absolute Gasteiger partial charge is 0.275 e. The molecule has 2 aromatic heterocycles. The number of hydrogen-bond donors (Lipinski definition) is 0. The lowest BCUT2D eigenvalue weighted by Gasteiger charge is -1.88. The highest BCUT2D eigenvalue weighted by Gasteiger charge is 1.99. The van der Waals surface area contributed by atoms with E-state index in [-0.39, 0.29) is 0 Å². The van der Waals surface area contributed by atoms with Gasteiger partial charge in [0.25, 0.3) is 0 Å². The third kappa shape index (κ3) is 0.749. The van der Waals surface area contributed by atoms with Crippen LogP contribution in [0.2, 0.25) is 0 Å². The summed E-state index contributed by atoms with van der Waals surface area (Å²) in [4.78, 5) is 7.87. The van der Waals surface area contributed by atoms with Crippen LogP contribution in [0.3, 0.4) is 0 Å². The van der Waals surface area contributed by atoms with Gasteiger partial charge in [0, 0.05) is 12.4 Å². The van der Waals surface area contributed by atoms with Gasteiger partial charge in [-0.25, -0.2) is 9.97 Å². The molecule has 0 bridgehead atoms. The molecule has 0 saturated heterocycles. The summed E-state index contributed by atoms with van der Waals surface area (Å²) in [6.07, 6.45) is 4.90. The molecule has 0 spiro atoms. The van der Waals surface area contributed by atoms with Gasteiger partial charge < -0.3 is 0 Å². The molecule has 0 saturated carbocycles. The zero-order chi connectivity index (χ0) is 7.68. The number of hydrogen-bond acceptors (Lipinski definition) is 3. The monoisotopic (exact) mass is 144 g/mol. The average molecular weight is 144 g/mol. The standard InChI is InChI=1S/C7H4N4/c8-4-6-5-10-7-9-2-1-3-11(6)7/h1-3,5H. The second kappa shape index (κ2) is 2.06. The summed E-state index contributed by atoms with van der Waals surface area (Å²) in [7, 11) is 0. The molecule has 0 amide bonds. The Morgan fingerprint density at radius 3 is 3.18 bits per heavy atom. The molecule has 0 aromatic carbocycles. The normalized spacial score (nSPS) is 9.73. The molecule has 0 radical (unpaired) electrons. The van der Waals surface area contributed by atoms with Crippen LogP contribution < -0.4 is 0 Å². The van der Waals surface area contributed by atoms with Crippen LogP contribution in [0.15, 0.2) is 24.7 Å². The molecule has 52 valence electrons. The van der Waals surface area contributed by atoms with Gasteiger partial charge in [0.2, 0.25) is 5.78 Å². The van der Waals surface area contributed by atoms with Crippen molar-refractivity contribution >= 4 is 5.78 Å². The molecule has 0 atom stereocenters.